The van der Waals surface area contributed by atoms with Gasteiger partial charge in [0.05, 0.1) is 16.9 Å². The lowest BCUT2D eigenvalue weighted by Crippen LogP contribution is -2.46. The normalized spacial score (nSPS) is 17.1. The zero-order valence-corrected chi connectivity index (χ0v) is 16.1. The lowest BCUT2D eigenvalue weighted by molar-refractivity contribution is -0.115. The van der Waals surface area contributed by atoms with Crippen LogP contribution in [0.15, 0.2) is 36.3 Å². The summed E-state index contributed by atoms with van der Waals surface area (Å²) in [5.74, 6) is 0.216. The third-order valence-electron chi connectivity index (χ3n) is 5.50. The van der Waals surface area contributed by atoms with Crippen LogP contribution in [-0.2, 0) is 17.8 Å². The number of Topliss-reactive ketones (excluding diaryl/α,β-unsaturated/α-hetero) is 1. The third kappa shape index (κ3) is 3.67. The lowest BCUT2D eigenvalue weighted by atomic mass is 9.92. The Hall–Kier alpha value is -3.04. The molecule has 1 saturated heterocycles. The molecule has 0 radical (unpaired) electrons. The van der Waals surface area contributed by atoms with Gasteiger partial charge in [-0.15, -0.1) is 0 Å². The van der Waals surface area contributed by atoms with Crippen LogP contribution in [-0.4, -0.2) is 46.8 Å². The molecule has 0 bridgehead atoms. The van der Waals surface area contributed by atoms with Gasteiger partial charge in [-0.1, -0.05) is 13.0 Å². The number of piperazine rings is 1. The summed E-state index contributed by atoms with van der Waals surface area (Å²) in [6.07, 6.45) is 8.45. The Kier molecular flexibility index (Phi) is 5.18. The van der Waals surface area contributed by atoms with Gasteiger partial charge in [-0.25, -0.2) is 0 Å². The first kappa shape index (κ1) is 18.3. The van der Waals surface area contributed by atoms with E-state index in [1.54, 1.807) is 12.4 Å². The van der Waals surface area contributed by atoms with E-state index in [2.05, 4.69) is 31.9 Å². The van der Waals surface area contributed by atoms with E-state index in [9.17, 15) is 10.1 Å². The summed E-state index contributed by atoms with van der Waals surface area (Å²) in [6, 6.07) is 6.27. The molecule has 28 heavy (non-hydrogen) atoms. The Morgan fingerprint density at radius 3 is 2.79 bits per heavy atom. The van der Waals surface area contributed by atoms with E-state index in [0.717, 1.165) is 67.2 Å². The Labute approximate surface area is 165 Å². The summed E-state index contributed by atoms with van der Waals surface area (Å²) < 4.78 is 0. The van der Waals surface area contributed by atoms with Crippen molar-refractivity contribution in [2.75, 3.05) is 31.1 Å². The van der Waals surface area contributed by atoms with Crippen molar-refractivity contribution in [1.29, 1.82) is 5.26 Å². The van der Waals surface area contributed by atoms with Crippen LogP contribution < -0.4 is 4.90 Å². The van der Waals surface area contributed by atoms with E-state index < -0.39 is 0 Å². The Balaban J connectivity index is 1.41. The molecule has 0 spiro atoms. The number of fused-ring (bicyclic) bond motifs is 1. The zero-order chi connectivity index (χ0) is 19.5. The molecule has 3 heterocycles. The summed E-state index contributed by atoms with van der Waals surface area (Å²) in [6.45, 7) is 6.42. The van der Waals surface area contributed by atoms with Crippen molar-refractivity contribution in [3.8, 4) is 6.07 Å². The van der Waals surface area contributed by atoms with Crippen LogP contribution in [0, 0.1) is 11.3 Å². The van der Waals surface area contributed by atoms with Gasteiger partial charge in [0.25, 0.3) is 0 Å². The second kappa shape index (κ2) is 7.91. The van der Waals surface area contributed by atoms with Gasteiger partial charge in [0.15, 0.2) is 5.78 Å². The third-order valence-corrected chi connectivity index (χ3v) is 5.50. The van der Waals surface area contributed by atoms with E-state index in [0.29, 0.717) is 12.0 Å². The number of rotatable bonds is 4. The maximum absolute atomic E-state index is 12.2. The number of nitrogens with zero attached hydrogens (tertiary/aromatic N) is 5. The van der Waals surface area contributed by atoms with Gasteiger partial charge >= 0.3 is 0 Å². The van der Waals surface area contributed by atoms with Crippen molar-refractivity contribution < 1.29 is 4.79 Å². The van der Waals surface area contributed by atoms with Crippen molar-refractivity contribution >= 4 is 17.5 Å². The van der Waals surface area contributed by atoms with Gasteiger partial charge in [0, 0.05) is 57.7 Å². The fraction of sp³-hybridized carbons (Fsp3) is 0.364. The number of anilines is 1. The van der Waals surface area contributed by atoms with Gasteiger partial charge in [0.2, 0.25) is 0 Å². The first-order valence-electron chi connectivity index (χ1n) is 9.71. The predicted molar refractivity (Wildman–Crippen MR) is 108 cm³/mol. The van der Waals surface area contributed by atoms with Crippen LogP contribution in [0.1, 0.15) is 35.7 Å². The molecule has 1 aliphatic carbocycles. The molecular weight excluding hydrogens is 350 g/mol. The van der Waals surface area contributed by atoms with E-state index in [1.807, 2.05) is 25.3 Å². The number of ketones is 1. The van der Waals surface area contributed by atoms with E-state index in [1.165, 1.54) is 0 Å². The molecule has 0 aromatic carbocycles. The van der Waals surface area contributed by atoms with Crippen LogP contribution in [0.3, 0.4) is 0 Å². The average molecular weight is 373 g/mol. The molecule has 4 rings (SSSR count). The Morgan fingerprint density at radius 1 is 1.21 bits per heavy atom. The van der Waals surface area contributed by atoms with Gasteiger partial charge in [-0.3, -0.25) is 19.7 Å². The SMILES string of the molecule is CCC1=Cc2ncc(CN3CCN(c4ccncc4C#N)CC3)cc2CC1=O. The zero-order valence-electron chi connectivity index (χ0n) is 16.1. The molecule has 0 amide bonds. The standard InChI is InChI=1S/C22H23N5O/c1-2-17-10-20-18(11-22(17)28)9-16(13-25-20)15-26-5-7-27(8-6-26)21-3-4-24-14-19(21)12-23/h3-4,9-10,13-14H,2,5-8,11,15H2,1H3. The molecule has 142 valence electrons. The minimum atomic E-state index is 0.216. The van der Waals surface area contributed by atoms with Gasteiger partial charge in [-0.2, -0.15) is 5.26 Å². The molecule has 2 aliphatic rings. The highest BCUT2D eigenvalue weighted by molar-refractivity contribution is 6.03. The summed E-state index contributed by atoms with van der Waals surface area (Å²) in [4.78, 5) is 25.4. The smallest absolute Gasteiger partial charge is 0.163 e. The number of nitriles is 1. The monoisotopic (exact) mass is 373 g/mol. The number of pyridine rings is 2. The highest BCUT2D eigenvalue weighted by atomic mass is 16.1. The van der Waals surface area contributed by atoms with Crippen molar-refractivity contribution in [1.82, 2.24) is 14.9 Å². The number of carbonyl (C=O) groups excluding carboxylic acids is 1. The molecule has 0 saturated carbocycles. The van der Waals surface area contributed by atoms with Crippen LogP contribution in [0.5, 0.6) is 0 Å². The van der Waals surface area contributed by atoms with Crippen molar-refractivity contribution in [3.63, 3.8) is 0 Å². The molecule has 0 N–H and O–H groups in total. The summed E-state index contributed by atoms with van der Waals surface area (Å²) >= 11 is 0. The maximum Gasteiger partial charge on any atom is 0.163 e. The van der Waals surface area contributed by atoms with E-state index in [-0.39, 0.29) is 5.78 Å². The second-order valence-electron chi connectivity index (χ2n) is 7.28. The fourth-order valence-electron chi connectivity index (χ4n) is 3.91. The lowest BCUT2D eigenvalue weighted by Gasteiger charge is -2.36. The summed E-state index contributed by atoms with van der Waals surface area (Å²) in [5, 5.41) is 9.28. The number of hydrogen-bond acceptors (Lipinski definition) is 6. The first-order valence-corrected chi connectivity index (χ1v) is 9.71. The number of allylic oxidation sites excluding steroid dienone is 1. The minimum Gasteiger partial charge on any atom is -0.368 e. The van der Waals surface area contributed by atoms with Gasteiger partial charge in [-0.05, 0) is 35.3 Å². The van der Waals surface area contributed by atoms with Gasteiger partial charge < -0.3 is 4.90 Å². The largest absolute Gasteiger partial charge is 0.368 e. The van der Waals surface area contributed by atoms with Crippen molar-refractivity contribution in [2.45, 2.75) is 26.3 Å². The van der Waals surface area contributed by atoms with Crippen molar-refractivity contribution in [3.05, 3.63) is 58.7 Å². The Bertz CT molecular complexity index is 967. The molecular formula is C22H23N5O. The molecule has 2 aromatic rings. The summed E-state index contributed by atoms with van der Waals surface area (Å²) in [5.41, 5.74) is 5.58. The first-order chi connectivity index (χ1) is 13.7. The van der Waals surface area contributed by atoms with E-state index >= 15 is 0 Å². The van der Waals surface area contributed by atoms with Crippen LogP contribution in [0.4, 0.5) is 5.69 Å². The highest BCUT2D eigenvalue weighted by Crippen LogP contribution is 2.24. The Morgan fingerprint density at radius 2 is 2.04 bits per heavy atom. The number of aromatic nitrogens is 2. The van der Waals surface area contributed by atoms with E-state index in [4.69, 9.17) is 0 Å². The average Bonchev–Trinajstić information content (AvgIpc) is 2.73. The molecule has 1 aliphatic heterocycles. The number of hydrogen-bond donors (Lipinski definition) is 0. The highest BCUT2D eigenvalue weighted by Gasteiger charge is 2.21. The summed E-state index contributed by atoms with van der Waals surface area (Å²) in [7, 11) is 0. The fourth-order valence-corrected chi connectivity index (χ4v) is 3.91. The minimum absolute atomic E-state index is 0.216. The molecule has 2 aromatic heterocycles. The van der Waals surface area contributed by atoms with Crippen molar-refractivity contribution in [2.24, 2.45) is 0 Å². The van der Waals surface area contributed by atoms with Crippen LogP contribution in [0.2, 0.25) is 0 Å². The van der Waals surface area contributed by atoms with Crippen LogP contribution >= 0.6 is 0 Å². The molecule has 6 heteroatoms. The van der Waals surface area contributed by atoms with Gasteiger partial charge in [0.1, 0.15) is 6.07 Å². The predicted octanol–water partition coefficient (Wildman–Crippen LogP) is 2.59. The molecule has 1 fully saturated rings. The molecule has 6 nitrogen and oxygen atoms in total. The topological polar surface area (TPSA) is 73.1 Å². The second-order valence-corrected chi connectivity index (χ2v) is 7.28. The molecule has 0 atom stereocenters. The quantitative estimate of drug-likeness (QED) is 0.820. The number of carbonyl (C=O) groups is 1. The molecule has 0 unspecified atom stereocenters. The maximum atomic E-state index is 12.2. The van der Waals surface area contributed by atoms with Crippen LogP contribution in [0.25, 0.3) is 6.08 Å².